The van der Waals surface area contributed by atoms with Crippen molar-refractivity contribution in [2.75, 3.05) is 7.05 Å². The van der Waals surface area contributed by atoms with Crippen LogP contribution in [0.15, 0.2) is 0 Å². The van der Waals surface area contributed by atoms with Gasteiger partial charge < -0.3 is 5.73 Å². The quantitative estimate of drug-likeness (QED) is 0.817. The second-order valence-corrected chi connectivity index (χ2v) is 7.20. The second-order valence-electron chi connectivity index (χ2n) is 7.20. The molecular weight excluding hydrogens is 220 g/mol. The Bertz CT molecular complexity index is 254. The predicted octanol–water partition coefficient (Wildman–Crippen LogP) is 3.26. The van der Waals surface area contributed by atoms with Gasteiger partial charge in [0.05, 0.1) is 0 Å². The van der Waals surface area contributed by atoms with Gasteiger partial charge >= 0.3 is 0 Å². The molecule has 106 valence electrons. The third-order valence-electron chi connectivity index (χ3n) is 5.53. The highest BCUT2D eigenvalue weighted by atomic mass is 15.2. The molecule has 6 unspecified atom stereocenters. The zero-order valence-corrected chi connectivity index (χ0v) is 12.7. The zero-order chi connectivity index (χ0) is 13.3. The van der Waals surface area contributed by atoms with E-state index < -0.39 is 0 Å². The fraction of sp³-hybridized carbons (Fsp3) is 1.00. The van der Waals surface area contributed by atoms with Gasteiger partial charge in [-0.05, 0) is 50.5 Å². The average molecular weight is 252 g/mol. The van der Waals surface area contributed by atoms with E-state index in [4.69, 9.17) is 5.73 Å². The van der Waals surface area contributed by atoms with Crippen molar-refractivity contribution in [2.45, 2.75) is 77.4 Å². The topological polar surface area (TPSA) is 29.3 Å². The third kappa shape index (κ3) is 2.91. The standard InChI is InChI=1S/C16H32N2/c1-11-9-13(3)16(14(17)10-11)18(4)15-8-6-5-7-12(15)2/h11-16H,5-10,17H2,1-4H3. The Morgan fingerprint density at radius 3 is 2.22 bits per heavy atom. The third-order valence-corrected chi connectivity index (χ3v) is 5.53. The molecule has 2 aliphatic carbocycles. The molecule has 0 aliphatic heterocycles. The first-order valence-corrected chi connectivity index (χ1v) is 7.98. The summed E-state index contributed by atoms with van der Waals surface area (Å²) in [5, 5.41) is 0. The summed E-state index contributed by atoms with van der Waals surface area (Å²) in [5.74, 6) is 2.41. The second kappa shape index (κ2) is 5.92. The lowest BCUT2D eigenvalue weighted by molar-refractivity contribution is 0.0289. The van der Waals surface area contributed by atoms with Gasteiger partial charge in [-0.1, -0.05) is 33.6 Å². The lowest BCUT2D eigenvalue weighted by atomic mass is 9.74. The molecule has 2 nitrogen and oxygen atoms in total. The number of hydrogen-bond acceptors (Lipinski definition) is 2. The summed E-state index contributed by atoms with van der Waals surface area (Å²) in [5.41, 5.74) is 6.47. The highest BCUT2D eigenvalue weighted by Gasteiger charge is 2.38. The molecule has 2 fully saturated rings. The molecule has 0 radical (unpaired) electrons. The minimum absolute atomic E-state index is 0.378. The van der Waals surface area contributed by atoms with E-state index in [1.54, 1.807) is 0 Å². The first kappa shape index (κ1) is 14.3. The van der Waals surface area contributed by atoms with Crippen molar-refractivity contribution in [3.05, 3.63) is 0 Å². The minimum Gasteiger partial charge on any atom is -0.326 e. The summed E-state index contributed by atoms with van der Waals surface area (Å²) >= 11 is 0. The monoisotopic (exact) mass is 252 g/mol. The Hall–Kier alpha value is -0.0800. The molecule has 0 aromatic carbocycles. The molecule has 0 aromatic heterocycles. The summed E-state index contributed by atoms with van der Waals surface area (Å²) in [4.78, 5) is 2.66. The molecule has 2 rings (SSSR count). The minimum atomic E-state index is 0.378. The van der Waals surface area contributed by atoms with Crippen LogP contribution in [0.3, 0.4) is 0 Å². The number of likely N-dealkylation sites (N-methyl/N-ethyl adjacent to an activating group) is 1. The molecule has 6 atom stereocenters. The van der Waals surface area contributed by atoms with E-state index in [0.717, 1.165) is 23.8 Å². The van der Waals surface area contributed by atoms with Crippen LogP contribution in [0.1, 0.15) is 59.3 Å². The molecule has 2 N–H and O–H groups in total. The van der Waals surface area contributed by atoms with Crippen molar-refractivity contribution >= 4 is 0 Å². The summed E-state index contributed by atoms with van der Waals surface area (Å²) in [6.45, 7) is 7.20. The van der Waals surface area contributed by atoms with Crippen LogP contribution in [0.4, 0.5) is 0 Å². The van der Waals surface area contributed by atoms with Gasteiger partial charge in [0.1, 0.15) is 0 Å². The maximum absolute atomic E-state index is 6.47. The van der Waals surface area contributed by atoms with Gasteiger partial charge in [0.15, 0.2) is 0 Å². The van der Waals surface area contributed by atoms with Crippen molar-refractivity contribution in [1.29, 1.82) is 0 Å². The molecule has 2 aliphatic rings. The van der Waals surface area contributed by atoms with Crippen molar-refractivity contribution in [3.8, 4) is 0 Å². The summed E-state index contributed by atoms with van der Waals surface area (Å²) < 4.78 is 0. The van der Waals surface area contributed by atoms with Gasteiger partial charge in [-0.2, -0.15) is 0 Å². The summed E-state index contributed by atoms with van der Waals surface area (Å²) in [6.07, 6.45) is 8.18. The molecule has 18 heavy (non-hydrogen) atoms. The van der Waals surface area contributed by atoms with E-state index in [1.807, 2.05) is 0 Å². The number of hydrogen-bond donors (Lipinski definition) is 1. The van der Waals surface area contributed by atoms with Crippen LogP contribution in [-0.4, -0.2) is 30.1 Å². The number of nitrogens with zero attached hydrogens (tertiary/aromatic N) is 1. The van der Waals surface area contributed by atoms with Crippen LogP contribution in [0.5, 0.6) is 0 Å². The Labute approximate surface area is 113 Å². The van der Waals surface area contributed by atoms with Crippen LogP contribution in [-0.2, 0) is 0 Å². The first-order chi connectivity index (χ1) is 8.50. The highest BCUT2D eigenvalue weighted by molar-refractivity contribution is 4.94. The van der Waals surface area contributed by atoms with Gasteiger partial charge in [-0.25, -0.2) is 0 Å². The summed E-state index contributed by atoms with van der Waals surface area (Å²) in [7, 11) is 2.34. The smallest absolute Gasteiger partial charge is 0.0272 e. The largest absolute Gasteiger partial charge is 0.326 e. The van der Waals surface area contributed by atoms with E-state index in [0.29, 0.717) is 12.1 Å². The SMILES string of the molecule is CC1CC(C)C(N(C)C2CCCCC2C)C(N)C1. The highest BCUT2D eigenvalue weighted by Crippen LogP contribution is 2.35. The molecular formula is C16H32N2. The molecule has 2 heteroatoms. The molecule has 0 amide bonds. The molecule has 0 bridgehead atoms. The Morgan fingerprint density at radius 1 is 0.944 bits per heavy atom. The Kier molecular flexibility index (Phi) is 4.71. The average Bonchev–Trinajstić information content (AvgIpc) is 2.27. The molecule has 2 saturated carbocycles. The van der Waals surface area contributed by atoms with Crippen molar-refractivity contribution in [2.24, 2.45) is 23.5 Å². The molecule has 0 saturated heterocycles. The van der Waals surface area contributed by atoms with Gasteiger partial charge in [0.25, 0.3) is 0 Å². The van der Waals surface area contributed by atoms with E-state index >= 15 is 0 Å². The molecule has 0 aromatic rings. The predicted molar refractivity (Wildman–Crippen MR) is 78.5 cm³/mol. The van der Waals surface area contributed by atoms with Gasteiger partial charge in [0, 0.05) is 18.1 Å². The van der Waals surface area contributed by atoms with E-state index in [-0.39, 0.29) is 0 Å². The lowest BCUT2D eigenvalue weighted by Crippen LogP contribution is -2.57. The van der Waals surface area contributed by atoms with Crippen LogP contribution in [0.2, 0.25) is 0 Å². The van der Waals surface area contributed by atoms with E-state index in [9.17, 15) is 0 Å². The fourth-order valence-electron chi connectivity index (χ4n) is 4.72. The van der Waals surface area contributed by atoms with Crippen molar-refractivity contribution in [3.63, 3.8) is 0 Å². The number of rotatable bonds is 2. The molecule has 0 heterocycles. The van der Waals surface area contributed by atoms with Crippen LogP contribution < -0.4 is 5.73 Å². The number of nitrogens with two attached hydrogens (primary N) is 1. The molecule has 0 spiro atoms. The van der Waals surface area contributed by atoms with Gasteiger partial charge in [0.2, 0.25) is 0 Å². The Balaban J connectivity index is 2.04. The maximum atomic E-state index is 6.47. The Morgan fingerprint density at radius 2 is 1.61 bits per heavy atom. The van der Waals surface area contributed by atoms with E-state index in [1.165, 1.54) is 38.5 Å². The van der Waals surface area contributed by atoms with Crippen molar-refractivity contribution in [1.82, 2.24) is 4.90 Å². The fourth-order valence-corrected chi connectivity index (χ4v) is 4.72. The van der Waals surface area contributed by atoms with Crippen molar-refractivity contribution < 1.29 is 0 Å². The van der Waals surface area contributed by atoms with Crippen LogP contribution in [0, 0.1) is 17.8 Å². The first-order valence-electron chi connectivity index (χ1n) is 7.98. The van der Waals surface area contributed by atoms with Gasteiger partial charge in [-0.15, -0.1) is 0 Å². The lowest BCUT2D eigenvalue weighted by Gasteiger charge is -2.48. The van der Waals surface area contributed by atoms with Gasteiger partial charge in [-0.3, -0.25) is 4.90 Å². The van der Waals surface area contributed by atoms with Crippen LogP contribution in [0.25, 0.3) is 0 Å². The zero-order valence-electron chi connectivity index (χ0n) is 12.7. The maximum Gasteiger partial charge on any atom is 0.0272 e. The normalized spacial score (nSPS) is 46.3. The van der Waals surface area contributed by atoms with Crippen LogP contribution >= 0.6 is 0 Å². The van der Waals surface area contributed by atoms with E-state index in [2.05, 4.69) is 32.7 Å². The summed E-state index contributed by atoms with van der Waals surface area (Å²) in [6, 6.07) is 1.75.